The van der Waals surface area contributed by atoms with Crippen molar-refractivity contribution in [1.82, 2.24) is 4.98 Å². The minimum Gasteiger partial charge on any atom is -0.495 e. The number of halogens is 4. The SMILES string of the molecule is COc1cc(OC)c2nc(C(F)F)cc(Cl)c2c1Cl. The summed E-state index contributed by atoms with van der Waals surface area (Å²) in [4.78, 5) is 3.84. The van der Waals surface area contributed by atoms with E-state index in [0.29, 0.717) is 11.1 Å². The van der Waals surface area contributed by atoms with E-state index >= 15 is 0 Å². The number of hydrogen-bond acceptors (Lipinski definition) is 3. The van der Waals surface area contributed by atoms with Gasteiger partial charge in [-0.25, -0.2) is 13.8 Å². The molecule has 0 aliphatic carbocycles. The van der Waals surface area contributed by atoms with Gasteiger partial charge in [0.25, 0.3) is 6.43 Å². The maximum absolute atomic E-state index is 12.7. The first kappa shape index (κ1) is 14.1. The van der Waals surface area contributed by atoms with E-state index in [1.165, 1.54) is 20.3 Å². The van der Waals surface area contributed by atoms with E-state index < -0.39 is 12.1 Å². The lowest BCUT2D eigenvalue weighted by molar-refractivity contribution is 0.146. The lowest BCUT2D eigenvalue weighted by atomic mass is 10.1. The quantitative estimate of drug-likeness (QED) is 0.837. The number of rotatable bonds is 3. The average Bonchev–Trinajstić information content (AvgIpc) is 2.38. The highest BCUT2D eigenvalue weighted by atomic mass is 35.5. The van der Waals surface area contributed by atoms with Gasteiger partial charge in [0, 0.05) is 11.5 Å². The van der Waals surface area contributed by atoms with Crippen molar-refractivity contribution >= 4 is 34.1 Å². The van der Waals surface area contributed by atoms with Crippen molar-refractivity contribution in [3.05, 3.63) is 27.9 Å². The molecule has 1 aromatic heterocycles. The van der Waals surface area contributed by atoms with E-state index in [4.69, 9.17) is 32.7 Å². The van der Waals surface area contributed by atoms with Gasteiger partial charge in [-0.15, -0.1) is 0 Å². The van der Waals surface area contributed by atoms with Crippen molar-refractivity contribution < 1.29 is 18.3 Å². The number of alkyl halides is 2. The van der Waals surface area contributed by atoms with Gasteiger partial charge in [0.2, 0.25) is 0 Å². The topological polar surface area (TPSA) is 31.4 Å². The second-order valence-electron chi connectivity index (χ2n) is 3.65. The zero-order valence-corrected chi connectivity index (χ0v) is 11.5. The van der Waals surface area contributed by atoms with Crippen molar-refractivity contribution in [3.8, 4) is 11.5 Å². The van der Waals surface area contributed by atoms with Crippen molar-refractivity contribution in [2.24, 2.45) is 0 Å². The van der Waals surface area contributed by atoms with E-state index in [1.54, 1.807) is 0 Å². The second-order valence-corrected chi connectivity index (χ2v) is 4.43. The average molecular weight is 308 g/mol. The lowest BCUT2D eigenvalue weighted by Crippen LogP contribution is -1.97. The number of nitrogens with zero attached hydrogens (tertiary/aromatic N) is 1. The summed E-state index contributed by atoms with van der Waals surface area (Å²) in [5.74, 6) is 0.597. The molecule has 0 bridgehead atoms. The Morgan fingerprint density at radius 3 is 2.26 bits per heavy atom. The Morgan fingerprint density at radius 1 is 1.11 bits per heavy atom. The van der Waals surface area contributed by atoms with Gasteiger partial charge in [0.05, 0.1) is 24.3 Å². The molecule has 0 N–H and O–H groups in total. The summed E-state index contributed by atoms with van der Waals surface area (Å²) in [5.41, 5.74) is -0.256. The number of methoxy groups -OCH3 is 2. The second kappa shape index (κ2) is 5.35. The molecular weight excluding hydrogens is 299 g/mol. The van der Waals surface area contributed by atoms with Crippen LogP contribution in [0.4, 0.5) is 8.78 Å². The summed E-state index contributed by atoms with van der Waals surface area (Å²) in [5, 5.41) is 0.600. The molecule has 0 amide bonds. The highest BCUT2D eigenvalue weighted by Crippen LogP contribution is 2.42. The first-order valence-electron chi connectivity index (χ1n) is 5.18. The Labute approximate surface area is 118 Å². The van der Waals surface area contributed by atoms with Crippen LogP contribution in [-0.2, 0) is 0 Å². The summed E-state index contributed by atoms with van der Waals surface area (Å²) in [7, 11) is 2.83. The molecule has 7 heteroatoms. The van der Waals surface area contributed by atoms with Crippen molar-refractivity contribution in [1.29, 1.82) is 0 Å². The Kier molecular flexibility index (Phi) is 3.96. The Balaban J connectivity index is 2.88. The van der Waals surface area contributed by atoms with Crippen molar-refractivity contribution in [2.45, 2.75) is 6.43 Å². The fraction of sp³-hybridized carbons (Fsp3) is 0.250. The normalized spacial score (nSPS) is 11.1. The summed E-state index contributed by atoms with van der Waals surface area (Å²) >= 11 is 12.1. The van der Waals surface area contributed by atoms with Crippen LogP contribution < -0.4 is 9.47 Å². The molecule has 1 aromatic carbocycles. The molecular formula is C12H9Cl2F2NO2. The van der Waals surface area contributed by atoms with Crippen LogP contribution >= 0.6 is 23.2 Å². The zero-order valence-electron chi connectivity index (χ0n) is 10.0. The smallest absolute Gasteiger partial charge is 0.280 e. The third-order valence-corrected chi connectivity index (χ3v) is 3.26. The summed E-state index contributed by atoms with van der Waals surface area (Å²) in [6.45, 7) is 0. The number of fused-ring (bicyclic) bond motifs is 1. The van der Waals surface area contributed by atoms with E-state index in [0.717, 1.165) is 6.07 Å². The molecule has 0 radical (unpaired) electrons. The van der Waals surface area contributed by atoms with Crippen LogP contribution in [0.5, 0.6) is 11.5 Å². The lowest BCUT2D eigenvalue weighted by Gasteiger charge is -2.13. The van der Waals surface area contributed by atoms with E-state index in [-0.39, 0.29) is 21.3 Å². The fourth-order valence-corrected chi connectivity index (χ4v) is 2.38. The number of aromatic nitrogens is 1. The highest BCUT2D eigenvalue weighted by molar-refractivity contribution is 6.43. The van der Waals surface area contributed by atoms with Gasteiger partial charge in [0.15, 0.2) is 0 Å². The molecule has 0 spiro atoms. The molecule has 2 aromatic rings. The Hall–Kier alpha value is -1.33. The molecule has 0 aliphatic heterocycles. The highest BCUT2D eigenvalue weighted by Gasteiger charge is 2.19. The van der Waals surface area contributed by atoms with E-state index in [9.17, 15) is 8.78 Å². The summed E-state index contributed by atoms with van der Waals surface area (Å²) in [6.07, 6.45) is -2.73. The maximum Gasteiger partial charge on any atom is 0.280 e. The monoisotopic (exact) mass is 307 g/mol. The van der Waals surface area contributed by atoms with Gasteiger partial charge in [-0.3, -0.25) is 0 Å². The van der Waals surface area contributed by atoms with Crippen LogP contribution in [0.1, 0.15) is 12.1 Å². The van der Waals surface area contributed by atoms with Gasteiger partial charge < -0.3 is 9.47 Å². The molecule has 0 atom stereocenters. The largest absolute Gasteiger partial charge is 0.495 e. The third-order valence-electron chi connectivity index (χ3n) is 2.59. The first-order valence-corrected chi connectivity index (χ1v) is 5.94. The molecule has 102 valence electrons. The van der Waals surface area contributed by atoms with Gasteiger partial charge in [-0.1, -0.05) is 23.2 Å². The molecule has 0 unspecified atom stereocenters. The fourth-order valence-electron chi connectivity index (χ4n) is 1.71. The minimum atomic E-state index is -2.73. The predicted octanol–water partition coefficient (Wildman–Crippen LogP) is 4.50. The standard InChI is InChI=1S/C12H9Cl2F2NO2/c1-18-7-4-8(19-2)11-9(10(7)14)5(13)3-6(17-11)12(15)16/h3-4,12H,1-2H3. The molecule has 0 fully saturated rings. The van der Waals surface area contributed by atoms with Gasteiger partial charge in [0.1, 0.15) is 22.7 Å². The van der Waals surface area contributed by atoms with Crippen molar-refractivity contribution in [3.63, 3.8) is 0 Å². The van der Waals surface area contributed by atoms with E-state index in [1.807, 2.05) is 0 Å². The van der Waals surface area contributed by atoms with Gasteiger partial charge >= 0.3 is 0 Å². The van der Waals surface area contributed by atoms with Crippen LogP contribution in [0, 0.1) is 0 Å². The predicted molar refractivity (Wildman–Crippen MR) is 69.8 cm³/mol. The molecule has 0 aliphatic rings. The minimum absolute atomic E-state index is 0.0718. The molecule has 3 nitrogen and oxygen atoms in total. The number of hydrogen-bond donors (Lipinski definition) is 0. The van der Waals surface area contributed by atoms with Crippen molar-refractivity contribution in [2.75, 3.05) is 14.2 Å². The molecule has 19 heavy (non-hydrogen) atoms. The Bertz CT molecular complexity index is 635. The molecule has 0 saturated carbocycles. The number of benzene rings is 1. The van der Waals surface area contributed by atoms with Gasteiger partial charge in [-0.2, -0.15) is 0 Å². The number of pyridine rings is 1. The van der Waals surface area contributed by atoms with Gasteiger partial charge in [-0.05, 0) is 6.07 Å². The Morgan fingerprint density at radius 2 is 1.74 bits per heavy atom. The maximum atomic E-state index is 12.7. The van der Waals surface area contributed by atoms with Crippen LogP contribution in [0.2, 0.25) is 10.0 Å². The molecule has 1 heterocycles. The van der Waals surface area contributed by atoms with Crippen LogP contribution in [-0.4, -0.2) is 19.2 Å². The molecule has 0 saturated heterocycles. The van der Waals surface area contributed by atoms with E-state index in [2.05, 4.69) is 4.98 Å². The van der Waals surface area contributed by atoms with Crippen LogP contribution in [0.3, 0.4) is 0 Å². The zero-order chi connectivity index (χ0) is 14.2. The van der Waals surface area contributed by atoms with Crippen LogP contribution in [0.25, 0.3) is 10.9 Å². The summed E-state index contributed by atoms with van der Waals surface area (Å²) in [6, 6.07) is 2.56. The molecule has 2 rings (SSSR count). The number of ether oxygens (including phenoxy) is 2. The first-order chi connectivity index (χ1) is 8.99. The van der Waals surface area contributed by atoms with Crippen LogP contribution in [0.15, 0.2) is 12.1 Å². The third kappa shape index (κ3) is 2.40. The summed E-state index contributed by atoms with van der Waals surface area (Å²) < 4.78 is 35.7.